The summed E-state index contributed by atoms with van der Waals surface area (Å²) in [6.45, 7) is 9.94. The van der Waals surface area contributed by atoms with E-state index < -0.39 is 0 Å². The molecule has 0 bridgehead atoms. The van der Waals surface area contributed by atoms with Gasteiger partial charge in [0.15, 0.2) is 0 Å². The first-order valence-corrected chi connectivity index (χ1v) is 10.0. The molecule has 4 nitrogen and oxygen atoms in total. The monoisotopic (exact) mass is 378 g/mol. The number of nitrogens with zero attached hydrogens (tertiary/aromatic N) is 1. The Labute approximate surface area is 167 Å². The first kappa shape index (κ1) is 20.1. The molecule has 0 spiro atoms. The maximum absolute atomic E-state index is 12.7. The third-order valence-corrected chi connectivity index (χ3v) is 5.36. The zero-order chi connectivity index (χ0) is 20.3. The summed E-state index contributed by atoms with van der Waals surface area (Å²) in [5.41, 5.74) is 4.09. The average Bonchev–Trinajstić information content (AvgIpc) is 3.06. The Kier molecular flexibility index (Phi) is 5.87. The first-order valence-electron chi connectivity index (χ1n) is 10.0. The van der Waals surface area contributed by atoms with Gasteiger partial charge in [0.2, 0.25) is 5.91 Å². The van der Waals surface area contributed by atoms with Gasteiger partial charge >= 0.3 is 0 Å². The highest BCUT2D eigenvalue weighted by atomic mass is 16.2. The summed E-state index contributed by atoms with van der Waals surface area (Å²) in [5, 5.41) is 3.08. The lowest BCUT2D eigenvalue weighted by molar-refractivity contribution is -0.128. The third-order valence-electron chi connectivity index (χ3n) is 5.36. The summed E-state index contributed by atoms with van der Waals surface area (Å²) < 4.78 is 0. The van der Waals surface area contributed by atoms with Gasteiger partial charge in [-0.2, -0.15) is 0 Å². The Morgan fingerprint density at radius 2 is 1.86 bits per heavy atom. The fourth-order valence-corrected chi connectivity index (χ4v) is 3.54. The molecule has 2 amide bonds. The zero-order valence-corrected chi connectivity index (χ0v) is 17.3. The average molecular weight is 379 g/mol. The van der Waals surface area contributed by atoms with Crippen LogP contribution in [0, 0.1) is 0 Å². The van der Waals surface area contributed by atoms with E-state index in [2.05, 4.69) is 50.4 Å². The van der Waals surface area contributed by atoms with Crippen molar-refractivity contribution < 1.29 is 9.59 Å². The minimum absolute atomic E-state index is 0.0784. The summed E-state index contributed by atoms with van der Waals surface area (Å²) in [4.78, 5) is 26.4. The van der Waals surface area contributed by atoms with Gasteiger partial charge in [-0.15, -0.1) is 0 Å². The van der Waals surface area contributed by atoms with Crippen molar-refractivity contribution in [3.05, 3.63) is 70.8 Å². The van der Waals surface area contributed by atoms with E-state index in [0.29, 0.717) is 18.5 Å². The van der Waals surface area contributed by atoms with Crippen molar-refractivity contribution in [2.75, 3.05) is 6.54 Å². The SMILES string of the molecule is CC(NC(=O)c1cccc(CN2CCCC2=O)c1)c1ccc(C(C)(C)C)cc1. The van der Waals surface area contributed by atoms with E-state index in [1.165, 1.54) is 5.56 Å². The van der Waals surface area contributed by atoms with Gasteiger partial charge in [-0.05, 0) is 47.6 Å². The van der Waals surface area contributed by atoms with Crippen LogP contribution in [0.1, 0.15) is 73.6 Å². The molecule has 0 radical (unpaired) electrons. The van der Waals surface area contributed by atoms with E-state index in [1.807, 2.05) is 36.1 Å². The number of rotatable bonds is 5. The summed E-state index contributed by atoms with van der Waals surface area (Å²) in [6.07, 6.45) is 1.55. The van der Waals surface area contributed by atoms with Gasteiger partial charge in [0.25, 0.3) is 5.91 Å². The van der Waals surface area contributed by atoms with Gasteiger partial charge in [0, 0.05) is 25.1 Å². The van der Waals surface area contributed by atoms with E-state index in [4.69, 9.17) is 0 Å². The van der Waals surface area contributed by atoms with E-state index in [9.17, 15) is 9.59 Å². The highest BCUT2D eigenvalue weighted by Crippen LogP contribution is 2.24. The Hall–Kier alpha value is -2.62. The lowest BCUT2D eigenvalue weighted by Gasteiger charge is -2.21. The minimum atomic E-state index is -0.0954. The second-order valence-corrected chi connectivity index (χ2v) is 8.69. The smallest absolute Gasteiger partial charge is 0.251 e. The molecule has 1 aliphatic rings. The fraction of sp³-hybridized carbons (Fsp3) is 0.417. The topological polar surface area (TPSA) is 49.4 Å². The van der Waals surface area contributed by atoms with E-state index in [0.717, 1.165) is 24.1 Å². The highest BCUT2D eigenvalue weighted by Gasteiger charge is 2.20. The van der Waals surface area contributed by atoms with Crippen molar-refractivity contribution in [3.63, 3.8) is 0 Å². The molecule has 1 fully saturated rings. The lowest BCUT2D eigenvalue weighted by Crippen LogP contribution is -2.27. The Balaban J connectivity index is 1.65. The molecule has 1 atom stereocenters. The maximum Gasteiger partial charge on any atom is 0.251 e. The number of carbonyl (C=O) groups is 2. The van der Waals surface area contributed by atoms with Crippen LogP contribution < -0.4 is 5.32 Å². The lowest BCUT2D eigenvalue weighted by atomic mass is 9.86. The number of carbonyl (C=O) groups excluding carboxylic acids is 2. The van der Waals surface area contributed by atoms with E-state index in [-0.39, 0.29) is 23.3 Å². The molecule has 4 heteroatoms. The van der Waals surface area contributed by atoms with Crippen molar-refractivity contribution in [1.82, 2.24) is 10.2 Å². The predicted octanol–water partition coefficient (Wildman–Crippen LogP) is 4.60. The third kappa shape index (κ3) is 4.80. The number of hydrogen-bond donors (Lipinski definition) is 1. The molecule has 0 saturated carbocycles. The molecule has 1 N–H and O–H groups in total. The summed E-state index contributed by atoms with van der Waals surface area (Å²) in [5.74, 6) is 0.101. The fourth-order valence-electron chi connectivity index (χ4n) is 3.54. The second-order valence-electron chi connectivity index (χ2n) is 8.69. The van der Waals surface area contributed by atoms with Crippen LogP contribution in [0.15, 0.2) is 48.5 Å². The molecule has 0 aromatic heterocycles. The van der Waals surface area contributed by atoms with Crippen molar-refractivity contribution in [3.8, 4) is 0 Å². The van der Waals surface area contributed by atoms with Crippen LogP contribution >= 0.6 is 0 Å². The number of hydrogen-bond acceptors (Lipinski definition) is 2. The highest BCUT2D eigenvalue weighted by molar-refractivity contribution is 5.94. The standard InChI is InChI=1S/C24H30N2O2/c1-17(19-10-12-21(13-11-19)24(2,3)4)25-23(28)20-8-5-7-18(15-20)16-26-14-6-9-22(26)27/h5,7-8,10-13,15,17H,6,9,14,16H2,1-4H3,(H,25,28). The summed E-state index contributed by atoms with van der Waals surface area (Å²) >= 11 is 0. The molecule has 1 heterocycles. The normalized spacial score (nSPS) is 15.6. The molecule has 3 rings (SSSR count). The number of likely N-dealkylation sites (tertiary alicyclic amines) is 1. The van der Waals surface area contributed by atoms with Gasteiger partial charge in [0.05, 0.1) is 6.04 Å². The van der Waals surface area contributed by atoms with Crippen molar-refractivity contribution in [2.45, 2.75) is 58.5 Å². The quantitative estimate of drug-likeness (QED) is 0.827. The molecule has 28 heavy (non-hydrogen) atoms. The predicted molar refractivity (Wildman–Crippen MR) is 112 cm³/mol. The van der Waals surface area contributed by atoms with Crippen molar-refractivity contribution >= 4 is 11.8 Å². The van der Waals surface area contributed by atoms with Crippen LogP contribution in [0.25, 0.3) is 0 Å². The van der Waals surface area contributed by atoms with E-state index >= 15 is 0 Å². The van der Waals surface area contributed by atoms with Gasteiger partial charge in [-0.25, -0.2) is 0 Å². The van der Waals surface area contributed by atoms with Gasteiger partial charge < -0.3 is 10.2 Å². The first-order chi connectivity index (χ1) is 13.2. The molecule has 2 aromatic rings. The van der Waals surface area contributed by atoms with Crippen LogP contribution in [-0.4, -0.2) is 23.3 Å². The molecule has 1 aliphatic heterocycles. The Bertz CT molecular complexity index is 850. The minimum Gasteiger partial charge on any atom is -0.346 e. The molecular formula is C24H30N2O2. The molecule has 0 aliphatic carbocycles. The van der Waals surface area contributed by atoms with Crippen molar-refractivity contribution in [2.24, 2.45) is 0 Å². The van der Waals surface area contributed by atoms with Gasteiger partial charge in [0.1, 0.15) is 0 Å². The van der Waals surface area contributed by atoms with Gasteiger partial charge in [-0.3, -0.25) is 9.59 Å². The van der Waals surface area contributed by atoms with Crippen LogP contribution in [-0.2, 0) is 16.8 Å². The Morgan fingerprint density at radius 3 is 2.46 bits per heavy atom. The van der Waals surface area contributed by atoms with Gasteiger partial charge in [-0.1, -0.05) is 57.2 Å². The maximum atomic E-state index is 12.7. The molecule has 1 saturated heterocycles. The van der Waals surface area contributed by atoms with Crippen LogP contribution in [0.3, 0.4) is 0 Å². The van der Waals surface area contributed by atoms with Crippen LogP contribution in [0.5, 0.6) is 0 Å². The summed E-state index contributed by atoms with van der Waals surface area (Å²) in [6, 6.07) is 15.9. The summed E-state index contributed by atoms with van der Waals surface area (Å²) in [7, 11) is 0. The Morgan fingerprint density at radius 1 is 1.14 bits per heavy atom. The molecule has 1 unspecified atom stereocenters. The zero-order valence-electron chi connectivity index (χ0n) is 17.3. The largest absolute Gasteiger partial charge is 0.346 e. The van der Waals surface area contributed by atoms with E-state index in [1.54, 1.807) is 0 Å². The van der Waals surface area contributed by atoms with Crippen LogP contribution in [0.2, 0.25) is 0 Å². The molecule has 2 aromatic carbocycles. The van der Waals surface area contributed by atoms with Crippen LogP contribution in [0.4, 0.5) is 0 Å². The second kappa shape index (κ2) is 8.17. The number of nitrogens with one attached hydrogen (secondary N) is 1. The number of amides is 2. The molecule has 148 valence electrons. The van der Waals surface area contributed by atoms with Crippen molar-refractivity contribution in [1.29, 1.82) is 0 Å². The molecular weight excluding hydrogens is 348 g/mol. The number of benzene rings is 2.